The fourth-order valence-electron chi connectivity index (χ4n) is 3.94. The van der Waals surface area contributed by atoms with Gasteiger partial charge in [0.1, 0.15) is 0 Å². The second-order valence-corrected chi connectivity index (χ2v) is 10.2. The van der Waals surface area contributed by atoms with Crippen molar-refractivity contribution in [3.63, 3.8) is 0 Å². The van der Waals surface area contributed by atoms with E-state index in [9.17, 15) is 13.8 Å². The van der Waals surface area contributed by atoms with Crippen molar-refractivity contribution >= 4 is 57.2 Å². The molecule has 5 rings (SSSR count). The van der Waals surface area contributed by atoms with Gasteiger partial charge in [-0.15, -0.1) is 0 Å². The highest BCUT2D eigenvalue weighted by atomic mass is 35.5. The van der Waals surface area contributed by atoms with Crippen LogP contribution in [0.3, 0.4) is 0 Å². The Labute approximate surface area is 214 Å². The summed E-state index contributed by atoms with van der Waals surface area (Å²) in [4.78, 5) is 29.2. The summed E-state index contributed by atoms with van der Waals surface area (Å²) in [6.07, 6.45) is 0. The highest BCUT2D eigenvalue weighted by molar-refractivity contribution is 7.85. The minimum absolute atomic E-state index is 0.188. The molecule has 4 aromatic carbocycles. The number of benzene rings is 4. The molecule has 1 aliphatic rings. The van der Waals surface area contributed by atoms with Crippen LogP contribution in [0.15, 0.2) is 101 Å². The first kappa shape index (κ1) is 23.3. The molecule has 1 heterocycles. The van der Waals surface area contributed by atoms with Crippen molar-refractivity contribution in [1.82, 2.24) is 0 Å². The van der Waals surface area contributed by atoms with E-state index in [0.717, 1.165) is 5.56 Å². The topological polar surface area (TPSA) is 66.5 Å². The molecule has 0 aliphatic carbocycles. The van der Waals surface area contributed by atoms with E-state index in [4.69, 9.17) is 23.2 Å². The average Bonchev–Trinajstić information content (AvgIpc) is 2.95. The monoisotopic (exact) mass is 520 g/mol. The van der Waals surface area contributed by atoms with Crippen LogP contribution in [0.4, 0.5) is 11.4 Å². The lowest BCUT2D eigenvalue weighted by Crippen LogP contribution is -2.30. The third kappa shape index (κ3) is 4.60. The molecule has 0 spiro atoms. The third-order valence-corrected chi connectivity index (χ3v) is 7.69. The number of fused-ring (bicyclic) bond motifs is 2. The number of hydrogen-bond donors (Lipinski definition) is 1. The zero-order valence-electron chi connectivity index (χ0n) is 18.2. The Morgan fingerprint density at radius 3 is 2.43 bits per heavy atom. The van der Waals surface area contributed by atoms with E-state index in [2.05, 4.69) is 5.32 Å². The van der Waals surface area contributed by atoms with Gasteiger partial charge in [0.25, 0.3) is 11.8 Å². The van der Waals surface area contributed by atoms with Gasteiger partial charge in [-0.05, 0) is 60.2 Å². The Morgan fingerprint density at radius 2 is 1.63 bits per heavy atom. The first-order valence-corrected chi connectivity index (χ1v) is 12.6. The molecule has 0 radical (unpaired) electrons. The minimum Gasteiger partial charge on any atom is -0.321 e. The molecule has 2 amide bonds. The van der Waals surface area contributed by atoms with Gasteiger partial charge < -0.3 is 10.2 Å². The van der Waals surface area contributed by atoms with Gasteiger partial charge in [0.2, 0.25) is 0 Å². The maximum atomic E-state index is 13.7. The molecule has 0 aromatic heterocycles. The highest BCUT2D eigenvalue weighted by Gasteiger charge is 2.31. The lowest BCUT2D eigenvalue weighted by molar-refractivity contribution is 0.0979. The van der Waals surface area contributed by atoms with Crippen molar-refractivity contribution in [3.8, 4) is 0 Å². The van der Waals surface area contributed by atoms with Gasteiger partial charge in [-0.3, -0.25) is 9.59 Å². The van der Waals surface area contributed by atoms with Crippen molar-refractivity contribution < 1.29 is 13.8 Å². The molecule has 0 unspecified atom stereocenters. The van der Waals surface area contributed by atoms with Crippen molar-refractivity contribution in [2.75, 3.05) is 10.2 Å². The van der Waals surface area contributed by atoms with Gasteiger partial charge in [0.05, 0.1) is 49.1 Å². The molecule has 5 nitrogen and oxygen atoms in total. The summed E-state index contributed by atoms with van der Waals surface area (Å²) in [5, 5.41) is 3.74. The standard InChI is InChI=1S/C27H18Cl2N2O3S/c28-19-7-5-6-17(14-19)16-31-23-15-18(26(32)30-22-10-3-2-9-21(22)29)12-13-25(23)35(34)24-11-4-1-8-20(24)27(31)33/h1-15H,16H2,(H,30,32)/t35-/m1/s1. The summed E-state index contributed by atoms with van der Waals surface area (Å²) in [6, 6.07) is 25.8. The number of halogens is 2. The van der Waals surface area contributed by atoms with E-state index in [1.165, 1.54) is 4.90 Å². The van der Waals surface area contributed by atoms with Crippen LogP contribution in [-0.2, 0) is 17.3 Å². The van der Waals surface area contributed by atoms with E-state index in [0.29, 0.717) is 42.3 Å². The molecule has 0 saturated carbocycles. The van der Waals surface area contributed by atoms with Crippen LogP contribution < -0.4 is 10.2 Å². The van der Waals surface area contributed by atoms with Gasteiger partial charge in [-0.2, -0.15) is 0 Å². The molecule has 0 fully saturated rings. The van der Waals surface area contributed by atoms with Crippen LogP contribution >= 0.6 is 23.2 Å². The zero-order chi connectivity index (χ0) is 24.5. The summed E-state index contributed by atoms with van der Waals surface area (Å²) in [5.41, 5.74) is 2.32. The summed E-state index contributed by atoms with van der Waals surface area (Å²) in [6.45, 7) is 0.188. The maximum Gasteiger partial charge on any atom is 0.259 e. The fraction of sp³-hybridized carbons (Fsp3) is 0.0370. The second kappa shape index (κ2) is 9.66. The molecule has 1 aliphatic heterocycles. The molecule has 4 aromatic rings. The predicted molar refractivity (Wildman–Crippen MR) is 139 cm³/mol. The van der Waals surface area contributed by atoms with Crippen LogP contribution in [-0.4, -0.2) is 16.0 Å². The van der Waals surface area contributed by atoms with Crippen molar-refractivity contribution in [2.24, 2.45) is 0 Å². The molecule has 35 heavy (non-hydrogen) atoms. The molecule has 1 N–H and O–H groups in total. The first-order chi connectivity index (χ1) is 16.9. The van der Waals surface area contributed by atoms with Gasteiger partial charge in [-0.1, -0.05) is 59.6 Å². The average molecular weight is 521 g/mol. The van der Waals surface area contributed by atoms with Gasteiger partial charge in [-0.25, -0.2) is 4.21 Å². The quantitative estimate of drug-likeness (QED) is 0.330. The Morgan fingerprint density at radius 1 is 0.857 bits per heavy atom. The Bertz CT molecular complexity index is 1510. The molecule has 174 valence electrons. The normalized spacial score (nSPS) is 14.6. The van der Waals surface area contributed by atoms with Crippen molar-refractivity contribution in [1.29, 1.82) is 0 Å². The summed E-state index contributed by atoms with van der Waals surface area (Å²) in [5.74, 6) is -0.708. The number of nitrogens with one attached hydrogen (secondary N) is 1. The Hall–Kier alpha value is -3.45. The Balaban J connectivity index is 1.61. The molecule has 8 heteroatoms. The van der Waals surface area contributed by atoms with Crippen molar-refractivity contribution in [2.45, 2.75) is 16.3 Å². The zero-order valence-corrected chi connectivity index (χ0v) is 20.5. The van der Waals surface area contributed by atoms with Crippen molar-refractivity contribution in [3.05, 3.63) is 118 Å². The summed E-state index contributed by atoms with van der Waals surface area (Å²) < 4.78 is 13.5. The number of nitrogens with zero attached hydrogens (tertiary/aromatic N) is 1. The number of rotatable bonds is 4. The highest BCUT2D eigenvalue weighted by Crippen LogP contribution is 2.36. The summed E-state index contributed by atoms with van der Waals surface area (Å²) >= 11 is 12.4. The second-order valence-electron chi connectivity index (χ2n) is 7.90. The lowest BCUT2D eigenvalue weighted by atomic mass is 10.1. The van der Waals surface area contributed by atoms with E-state index in [1.54, 1.807) is 84.9 Å². The molecular formula is C27H18Cl2N2O3S. The summed E-state index contributed by atoms with van der Waals surface area (Å²) in [7, 11) is -1.62. The van der Waals surface area contributed by atoms with Crippen LogP contribution in [0.1, 0.15) is 26.3 Å². The SMILES string of the molecule is O=C(Nc1ccccc1Cl)c1ccc2c(c1)N(Cc1cccc(Cl)c1)C(=O)c1ccccc1[S@]2=O. The Kier molecular flexibility index (Phi) is 6.43. The molecule has 0 saturated heterocycles. The molecule has 1 atom stereocenters. The van der Waals surface area contributed by atoms with Crippen LogP contribution in [0.25, 0.3) is 0 Å². The largest absolute Gasteiger partial charge is 0.321 e. The van der Waals surface area contributed by atoms with Gasteiger partial charge >= 0.3 is 0 Å². The van der Waals surface area contributed by atoms with Crippen LogP contribution in [0.2, 0.25) is 10.0 Å². The number of carbonyl (C=O) groups is 2. The maximum absolute atomic E-state index is 13.7. The minimum atomic E-state index is -1.62. The number of carbonyl (C=O) groups excluding carboxylic acids is 2. The van der Waals surface area contributed by atoms with E-state index >= 15 is 0 Å². The van der Waals surface area contributed by atoms with Crippen LogP contribution in [0, 0.1) is 0 Å². The number of anilines is 2. The predicted octanol–water partition coefficient (Wildman–Crippen LogP) is 6.57. The van der Waals surface area contributed by atoms with E-state index < -0.39 is 16.7 Å². The van der Waals surface area contributed by atoms with Gasteiger partial charge in [0.15, 0.2) is 0 Å². The lowest BCUT2D eigenvalue weighted by Gasteiger charge is -2.24. The smallest absolute Gasteiger partial charge is 0.259 e. The van der Waals surface area contributed by atoms with E-state index in [-0.39, 0.29) is 12.5 Å². The fourth-order valence-corrected chi connectivity index (χ4v) is 5.68. The van der Waals surface area contributed by atoms with E-state index in [1.807, 2.05) is 6.07 Å². The molecule has 0 bridgehead atoms. The molecular weight excluding hydrogens is 503 g/mol. The number of hydrogen-bond acceptors (Lipinski definition) is 3. The number of amides is 2. The first-order valence-electron chi connectivity index (χ1n) is 10.7. The third-order valence-electron chi connectivity index (χ3n) is 5.63. The number of para-hydroxylation sites is 1. The van der Waals surface area contributed by atoms with Crippen LogP contribution in [0.5, 0.6) is 0 Å². The van der Waals surface area contributed by atoms with Gasteiger partial charge in [0, 0.05) is 10.6 Å².